The second-order valence-electron chi connectivity index (χ2n) is 5.87. The number of piperazine rings is 1. The summed E-state index contributed by atoms with van der Waals surface area (Å²) in [6.07, 6.45) is 0. The standard InChI is InChI=1S/C16H20N4O3/c1-12-17-16(23-18-12)20-6-4-19(5-7-20)11-13-2-3-14-15(10-13)22-9-8-21-14/h2-3,10H,4-9,11H2,1H3. The van der Waals surface area contributed by atoms with E-state index in [-0.39, 0.29) is 0 Å². The number of rotatable bonds is 3. The lowest BCUT2D eigenvalue weighted by Gasteiger charge is -2.33. The second kappa shape index (κ2) is 6.08. The van der Waals surface area contributed by atoms with Gasteiger partial charge in [-0.2, -0.15) is 4.98 Å². The summed E-state index contributed by atoms with van der Waals surface area (Å²) in [6.45, 7) is 7.73. The fraction of sp³-hybridized carbons (Fsp3) is 0.500. The Morgan fingerprint density at radius 3 is 2.57 bits per heavy atom. The smallest absolute Gasteiger partial charge is 0.324 e. The van der Waals surface area contributed by atoms with Gasteiger partial charge in [0, 0.05) is 32.7 Å². The number of benzene rings is 1. The van der Waals surface area contributed by atoms with Gasteiger partial charge >= 0.3 is 6.01 Å². The third kappa shape index (κ3) is 3.10. The zero-order chi connectivity index (χ0) is 15.6. The highest BCUT2D eigenvalue weighted by atomic mass is 16.6. The summed E-state index contributed by atoms with van der Waals surface area (Å²) in [6, 6.07) is 6.83. The van der Waals surface area contributed by atoms with Crippen LogP contribution in [0.15, 0.2) is 22.7 Å². The number of anilines is 1. The van der Waals surface area contributed by atoms with Crippen molar-refractivity contribution < 1.29 is 14.0 Å². The fourth-order valence-corrected chi connectivity index (χ4v) is 2.96. The maximum absolute atomic E-state index is 5.65. The van der Waals surface area contributed by atoms with E-state index in [2.05, 4.69) is 32.1 Å². The predicted octanol–water partition coefficient (Wildman–Crippen LogP) is 1.47. The van der Waals surface area contributed by atoms with E-state index in [0.717, 1.165) is 44.2 Å². The van der Waals surface area contributed by atoms with Gasteiger partial charge in [0.25, 0.3) is 0 Å². The van der Waals surface area contributed by atoms with Gasteiger partial charge in [0.05, 0.1) is 0 Å². The van der Waals surface area contributed by atoms with Crippen molar-refractivity contribution in [3.63, 3.8) is 0 Å². The number of aryl methyl sites for hydroxylation is 1. The van der Waals surface area contributed by atoms with Crippen LogP contribution < -0.4 is 14.4 Å². The molecule has 4 rings (SSSR count). The molecule has 1 aromatic carbocycles. The molecule has 1 aromatic heterocycles. The van der Waals surface area contributed by atoms with E-state index < -0.39 is 0 Å². The van der Waals surface area contributed by atoms with Crippen LogP contribution in [0.3, 0.4) is 0 Å². The first-order valence-electron chi connectivity index (χ1n) is 7.94. The Morgan fingerprint density at radius 2 is 1.83 bits per heavy atom. The van der Waals surface area contributed by atoms with Crippen molar-refractivity contribution in [2.24, 2.45) is 0 Å². The fourth-order valence-electron chi connectivity index (χ4n) is 2.96. The molecule has 7 heteroatoms. The first-order chi connectivity index (χ1) is 11.3. The molecular formula is C16H20N4O3. The summed E-state index contributed by atoms with van der Waals surface area (Å²) >= 11 is 0. The van der Waals surface area contributed by atoms with E-state index >= 15 is 0 Å². The maximum atomic E-state index is 5.65. The first-order valence-corrected chi connectivity index (χ1v) is 7.94. The zero-order valence-corrected chi connectivity index (χ0v) is 13.2. The third-order valence-electron chi connectivity index (χ3n) is 4.17. The summed E-state index contributed by atoms with van der Waals surface area (Å²) in [5, 5.41) is 3.85. The molecule has 0 amide bonds. The molecule has 2 aliphatic heterocycles. The van der Waals surface area contributed by atoms with E-state index in [1.165, 1.54) is 5.56 Å². The third-order valence-corrected chi connectivity index (χ3v) is 4.17. The molecule has 0 radical (unpaired) electrons. The van der Waals surface area contributed by atoms with Crippen LogP contribution in [-0.2, 0) is 6.54 Å². The first kappa shape index (κ1) is 14.3. The Labute approximate surface area is 134 Å². The number of aromatic nitrogens is 2. The highest BCUT2D eigenvalue weighted by molar-refractivity contribution is 5.43. The SMILES string of the molecule is Cc1noc(N2CCN(Cc3ccc4c(c3)OCCO4)CC2)n1. The number of nitrogens with zero attached hydrogens (tertiary/aromatic N) is 4. The number of ether oxygens (including phenoxy) is 2. The van der Waals surface area contributed by atoms with Crippen LogP contribution in [0.25, 0.3) is 0 Å². The van der Waals surface area contributed by atoms with Gasteiger partial charge in [-0.05, 0) is 24.6 Å². The molecule has 0 unspecified atom stereocenters. The van der Waals surface area contributed by atoms with E-state index in [1.54, 1.807) is 0 Å². The molecule has 122 valence electrons. The molecule has 2 aliphatic rings. The van der Waals surface area contributed by atoms with E-state index in [9.17, 15) is 0 Å². The lowest BCUT2D eigenvalue weighted by atomic mass is 10.1. The Balaban J connectivity index is 1.36. The van der Waals surface area contributed by atoms with Gasteiger partial charge in [-0.15, -0.1) is 0 Å². The van der Waals surface area contributed by atoms with E-state index in [4.69, 9.17) is 14.0 Å². The lowest BCUT2D eigenvalue weighted by Crippen LogP contribution is -2.46. The molecular weight excluding hydrogens is 296 g/mol. The molecule has 0 bridgehead atoms. The quantitative estimate of drug-likeness (QED) is 0.849. The van der Waals surface area contributed by atoms with Crippen LogP contribution in [-0.4, -0.2) is 54.4 Å². The van der Waals surface area contributed by atoms with Gasteiger partial charge in [0.2, 0.25) is 0 Å². The Bertz CT molecular complexity index is 680. The molecule has 0 saturated carbocycles. The van der Waals surface area contributed by atoms with Crippen molar-refractivity contribution in [3.8, 4) is 11.5 Å². The Kier molecular flexibility index (Phi) is 3.78. The van der Waals surface area contributed by atoms with Gasteiger partial charge in [-0.3, -0.25) is 4.90 Å². The molecule has 1 fully saturated rings. The number of hydrogen-bond donors (Lipinski definition) is 0. The van der Waals surface area contributed by atoms with Gasteiger partial charge < -0.3 is 18.9 Å². The maximum Gasteiger partial charge on any atom is 0.324 e. The minimum Gasteiger partial charge on any atom is -0.486 e. The summed E-state index contributed by atoms with van der Waals surface area (Å²) in [5.74, 6) is 2.38. The minimum absolute atomic E-state index is 0.624. The van der Waals surface area contributed by atoms with Gasteiger partial charge in [0.1, 0.15) is 13.2 Å². The molecule has 0 spiro atoms. The summed E-state index contributed by atoms with van der Waals surface area (Å²) in [7, 11) is 0. The molecule has 3 heterocycles. The molecule has 0 N–H and O–H groups in total. The monoisotopic (exact) mass is 316 g/mol. The van der Waals surface area contributed by atoms with Crippen LogP contribution in [0.5, 0.6) is 11.5 Å². The van der Waals surface area contributed by atoms with Crippen molar-refractivity contribution >= 4 is 6.01 Å². The van der Waals surface area contributed by atoms with Crippen LogP contribution in [0.2, 0.25) is 0 Å². The van der Waals surface area contributed by atoms with Gasteiger partial charge in [-0.1, -0.05) is 11.2 Å². The topological polar surface area (TPSA) is 63.9 Å². The number of fused-ring (bicyclic) bond motifs is 1. The van der Waals surface area contributed by atoms with Crippen LogP contribution in [0, 0.1) is 6.92 Å². The normalized spacial score (nSPS) is 18.2. The van der Waals surface area contributed by atoms with Crippen LogP contribution >= 0.6 is 0 Å². The summed E-state index contributed by atoms with van der Waals surface area (Å²) in [5.41, 5.74) is 1.25. The summed E-state index contributed by atoms with van der Waals surface area (Å²) < 4.78 is 16.5. The van der Waals surface area contributed by atoms with Crippen molar-refractivity contribution in [2.75, 3.05) is 44.3 Å². The van der Waals surface area contributed by atoms with Crippen LogP contribution in [0.1, 0.15) is 11.4 Å². The van der Waals surface area contributed by atoms with Crippen molar-refractivity contribution in [1.82, 2.24) is 15.0 Å². The van der Waals surface area contributed by atoms with Crippen LogP contribution in [0.4, 0.5) is 6.01 Å². The highest BCUT2D eigenvalue weighted by Crippen LogP contribution is 2.31. The molecule has 0 aliphatic carbocycles. The zero-order valence-electron chi connectivity index (χ0n) is 13.2. The largest absolute Gasteiger partial charge is 0.486 e. The lowest BCUT2D eigenvalue weighted by molar-refractivity contribution is 0.171. The number of hydrogen-bond acceptors (Lipinski definition) is 7. The average molecular weight is 316 g/mol. The molecule has 1 saturated heterocycles. The van der Waals surface area contributed by atoms with Crippen molar-refractivity contribution in [3.05, 3.63) is 29.6 Å². The summed E-state index contributed by atoms with van der Waals surface area (Å²) in [4.78, 5) is 8.85. The Morgan fingerprint density at radius 1 is 1.04 bits per heavy atom. The minimum atomic E-state index is 0.624. The van der Waals surface area contributed by atoms with E-state index in [0.29, 0.717) is 25.1 Å². The van der Waals surface area contributed by atoms with Crippen molar-refractivity contribution in [1.29, 1.82) is 0 Å². The molecule has 0 atom stereocenters. The molecule has 7 nitrogen and oxygen atoms in total. The Hall–Kier alpha value is -2.28. The molecule has 2 aromatic rings. The van der Waals surface area contributed by atoms with E-state index in [1.807, 2.05) is 13.0 Å². The predicted molar refractivity (Wildman–Crippen MR) is 84.0 cm³/mol. The van der Waals surface area contributed by atoms with Crippen molar-refractivity contribution in [2.45, 2.75) is 13.5 Å². The highest BCUT2D eigenvalue weighted by Gasteiger charge is 2.21. The second-order valence-corrected chi connectivity index (χ2v) is 5.87. The molecule has 23 heavy (non-hydrogen) atoms. The van der Waals surface area contributed by atoms with Gasteiger partial charge in [-0.25, -0.2) is 0 Å². The average Bonchev–Trinajstić information content (AvgIpc) is 3.02. The van der Waals surface area contributed by atoms with Gasteiger partial charge in [0.15, 0.2) is 17.3 Å².